The third kappa shape index (κ3) is 1.10. The molecule has 0 aromatic carbocycles. The highest BCUT2D eigenvalue weighted by Crippen LogP contribution is 2.31. The molecule has 0 saturated carbocycles. The first kappa shape index (κ1) is 11.4. The summed E-state index contributed by atoms with van der Waals surface area (Å²) in [6.45, 7) is 0. The molecular formula is C12H8N4O3S. The summed E-state index contributed by atoms with van der Waals surface area (Å²) in [4.78, 5) is 41.8. The molecule has 0 radical (unpaired) electrons. The van der Waals surface area contributed by atoms with Crippen molar-refractivity contribution in [3.8, 4) is 0 Å². The van der Waals surface area contributed by atoms with E-state index in [2.05, 4.69) is 4.98 Å². The maximum Gasteiger partial charge on any atom is 0.332 e. The van der Waals surface area contributed by atoms with Crippen LogP contribution in [0.4, 0.5) is 0 Å². The number of fused-ring (bicyclic) bond motifs is 5. The highest BCUT2D eigenvalue weighted by Gasteiger charge is 2.26. The summed E-state index contributed by atoms with van der Waals surface area (Å²) >= 11 is 1.33. The van der Waals surface area contributed by atoms with Gasteiger partial charge in [-0.25, -0.2) is 9.78 Å². The molecule has 20 heavy (non-hydrogen) atoms. The Kier molecular flexibility index (Phi) is 1.90. The molecule has 3 heterocycles. The Labute approximate surface area is 115 Å². The SMILES string of the molecule is Cn1c(=O)c2c(nc3sc4c(n32)C(=O)C=C4)n(C)c1=O. The van der Waals surface area contributed by atoms with E-state index < -0.39 is 11.2 Å². The number of carbonyl (C=O) groups is 1. The van der Waals surface area contributed by atoms with Crippen molar-refractivity contribution in [2.24, 2.45) is 14.1 Å². The summed E-state index contributed by atoms with van der Waals surface area (Å²) in [6.07, 6.45) is 3.19. The lowest BCUT2D eigenvalue weighted by Crippen LogP contribution is -2.37. The van der Waals surface area contributed by atoms with Crippen LogP contribution in [0.2, 0.25) is 0 Å². The summed E-state index contributed by atoms with van der Waals surface area (Å²) < 4.78 is 3.89. The summed E-state index contributed by atoms with van der Waals surface area (Å²) in [6, 6.07) is 0. The zero-order valence-corrected chi connectivity index (χ0v) is 11.4. The molecule has 0 aliphatic heterocycles. The standard InChI is InChI=1S/C12H8N4O3S/c1-14-9-8(10(18)15(2)12(14)19)16-7-5(17)3-4-6(7)20-11(16)13-9/h3-4H,1-2H3. The third-order valence-electron chi connectivity index (χ3n) is 3.50. The average Bonchev–Trinajstić information content (AvgIpc) is 3.04. The van der Waals surface area contributed by atoms with Crippen molar-refractivity contribution >= 4 is 39.3 Å². The van der Waals surface area contributed by atoms with Gasteiger partial charge in [-0.1, -0.05) is 11.3 Å². The van der Waals surface area contributed by atoms with Gasteiger partial charge in [-0.3, -0.25) is 23.1 Å². The molecule has 4 rings (SSSR count). The number of ketones is 1. The van der Waals surface area contributed by atoms with Crippen LogP contribution in [0, 0.1) is 0 Å². The number of aromatic nitrogens is 4. The minimum atomic E-state index is -0.448. The number of carbonyl (C=O) groups excluding carboxylic acids is 1. The van der Waals surface area contributed by atoms with Crippen molar-refractivity contribution in [1.29, 1.82) is 0 Å². The van der Waals surface area contributed by atoms with Gasteiger partial charge in [0.15, 0.2) is 16.1 Å². The molecule has 8 heteroatoms. The van der Waals surface area contributed by atoms with E-state index in [9.17, 15) is 14.4 Å². The van der Waals surface area contributed by atoms with Crippen molar-refractivity contribution < 1.29 is 4.79 Å². The fourth-order valence-electron chi connectivity index (χ4n) is 2.48. The van der Waals surface area contributed by atoms with Gasteiger partial charge in [0.2, 0.25) is 5.78 Å². The molecule has 100 valence electrons. The molecule has 0 saturated heterocycles. The van der Waals surface area contributed by atoms with E-state index in [1.165, 1.54) is 29.0 Å². The van der Waals surface area contributed by atoms with E-state index in [0.717, 1.165) is 9.44 Å². The Balaban J connectivity index is 2.38. The van der Waals surface area contributed by atoms with Crippen LogP contribution in [0.3, 0.4) is 0 Å². The van der Waals surface area contributed by atoms with Gasteiger partial charge in [0.25, 0.3) is 5.56 Å². The topological polar surface area (TPSA) is 78.4 Å². The minimum absolute atomic E-state index is 0.151. The van der Waals surface area contributed by atoms with Crippen LogP contribution >= 0.6 is 11.3 Å². The van der Waals surface area contributed by atoms with Gasteiger partial charge in [-0.2, -0.15) is 0 Å². The normalized spacial score (nSPS) is 13.8. The number of nitrogens with zero attached hydrogens (tertiary/aromatic N) is 4. The third-order valence-corrected chi connectivity index (χ3v) is 4.51. The number of hydrogen-bond acceptors (Lipinski definition) is 5. The first-order chi connectivity index (χ1) is 9.50. The number of imidazole rings is 1. The molecule has 0 amide bonds. The van der Waals surface area contributed by atoms with E-state index in [-0.39, 0.29) is 11.3 Å². The first-order valence-electron chi connectivity index (χ1n) is 5.84. The monoisotopic (exact) mass is 288 g/mol. The number of thiazole rings is 1. The fourth-order valence-corrected chi connectivity index (χ4v) is 3.51. The summed E-state index contributed by atoms with van der Waals surface area (Å²) in [5.41, 5.74) is 0.125. The zero-order valence-electron chi connectivity index (χ0n) is 10.6. The predicted octanol–water partition coefficient (Wildman–Crippen LogP) is 0.156. The van der Waals surface area contributed by atoms with Crippen LogP contribution in [0.1, 0.15) is 15.4 Å². The van der Waals surface area contributed by atoms with Crippen molar-refractivity contribution in [3.63, 3.8) is 0 Å². The van der Waals surface area contributed by atoms with Gasteiger partial charge in [0, 0.05) is 14.1 Å². The van der Waals surface area contributed by atoms with E-state index in [0.29, 0.717) is 16.3 Å². The lowest BCUT2D eigenvalue weighted by atomic mass is 10.3. The van der Waals surface area contributed by atoms with Gasteiger partial charge in [-0.05, 0) is 12.2 Å². The molecule has 0 spiro atoms. The molecule has 0 fully saturated rings. The molecular weight excluding hydrogens is 280 g/mol. The lowest BCUT2D eigenvalue weighted by Gasteiger charge is -2.02. The van der Waals surface area contributed by atoms with Crippen molar-refractivity contribution in [3.05, 3.63) is 37.5 Å². The average molecular weight is 288 g/mol. The molecule has 0 N–H and O–H groups in total. The fraction of sp³-hybridized carbons (Fsp3) is 0.167. The lowest BCUT2D eigenvalue weighted by molar-refractivity contribution is 0.104. The van der Waals surface area contributed by atoms with Crippen LogP contribution in [0.25, 0.3) is 22.2 Å². The van der Waals surface area contributed by atoms with Crippen molar-refractivity contribution in [2.75, 3.05) is 0 Å². The van der Waals surface area contributed by atoms with Gasteiger partial charge in [0.05, 0.1) is 4.88 Å². The molecule has 3 aromatic rings. The van der Waals surface area contributed by atoms with Crippen LogP contribution in [0.5, 0.6) is 0 Å². The van der Waals surface area contributed by atoms with Crippen LogP contribution < -0.4 is 11.2 Å². The molecule has 1 aliphatic rings. The largest absolute Gasteiger partial charge is 0.332 e. The van der Waals surface area contributed by atoms with E-state index in [1.54, 1.807) is 17.5 Å². The molecule has 0 unspecified atom stereocenters. The Morgan fingerprint density at radius 1 is 1.10 bits per heavy atom. The predicted molar refractivity (Wildman–Crippen MR) is 74.4 cm³/mol. The van der Waals surface area contributed by atoms with E-state index >= 15 is 0 Å². The molecule has 3 aromatic heterocycles. The van der Waals surface area contributed by atoms with E-state index in [4.69, 9.17) is 0 Å². The zero-order chi connectivity index (χ0) is 14.2. The van der Waals surface area contributed by atoms with Gasteiger partial charge in [-0.15, -0.1) is 0 Å². The van der Waals surface area contributed by atoms with Gasteiger partial charge in [0.1, 0.15) is 5.69 Å². The minimum Gasteiger partial charge on any atom is -0.288 e. The highest BCUT2D eigenvalue weighted by atomic mass is 32.1. The summed E-state index contributed by atoms with van der Waals surface area (Å²) in [7, 11) is 2.97. The number of allylic oxidation sites excluding steroid dienone is 1. The molecule has 0 bridgehead atoms. The Morgan fingerprint density at radius 2 is 1.85 bits per heavy atom. The summed E-state index contributed by atoms with van der Waals surface area (Å²) in [5.74, 6) is -0.151. The maximum absolute atomic E-state index is 12.3. The first-order valence-corrected chi connectivity index (χ1v) is 6.65. The van der Waals surface area contributed by atoms with Crippen molar-refractivity contribution in [1.82, 2.24) is 18.5 Å². The second-order valence-electron chi connectivity index (χ2n) is 4.62. The smallest absolute Gasteiger partial charge is 0.288 e. The maximum atomic E-state index is 12.3. The molecule has 0 atom stereocenters. The quantitative estimate of drug-likeness (QED) is 0.590. The second kappa shape index (κ2) is 3.34. The van der Waals surface area contributed by atoms with Crippen LogP contribution in [-0.2, 0) is 14.1 Å². The van der Waals surface area contributed by atoms with Gasteiger partial charge >= 0.3 is 5.69 Å². The number of rotatable bonds is 0. The molecule has 7 nitrogen and oxygen atoms in total. The van der Waals surface area contributed by atoms with Gasteiger partial charge < -0.3 is 0 Å². The number of aryl methyl sites for hydroxylation is 1. The van der Waals surface area contributed by atoms with E-state index in [1.807, 2.05) is 0 Å². The number of hydrogen-bond donors (Lipinski definition) is 0. The van der Waals surface area contributed by atoms with Crippen LogP contribution in [0.15, 0.2) is 15.7 Å². The van der Waals surface area contributed by atoms with Crippen LogP contribution in [-0.4, -0.2) is 24.3 Å². The highest BCUT2D eigenvalue weighted by molar-refractivity contribution is 7.18. The van der Waals surface area contributed by atoms with Crippen molar-refractivity contribution in [2.45, 2.75) is 0 Å². The second-order valence-corrected chi connectivity index (χ2v) is 5.63. The Bertz CT molecular complexity index is 1080. The summed E-state index contributed by atoms with van der Waals surface area (Å²) in [5, 5.41) is 0. The Morgan fingerprint density at radius 3 is 2.60 bits per heavy atom. The molecule has 1 aliphatic carbocycles. The Hall–Kier alpha value is -2.48.